The zero-order valence-electron chi connectivity index (χ0n) is 12.3. The highest BCUT2D eigenvalue weighted by atomic mass is 16.5. The van der Waals surface area contributed by atoms with Crippen molar-refractivity contribution in [2.45, 2.75) is 50.4 Å². The highest BCUT2D eigenvalue weighted by Gasteiger charge is 2.47. The molecule has 110 valence electrons. The van der Waals surface area contributed by atoms with Gasteiger partial charge < -0.3 is 19.3 Å². The molecule has 20 heavy (non-hydrogen) atoms. The number of aliphatic hydroxyl groups is 1. The quantitative estimate of drug-likeness (QED) is 0.858. The van der Waals surface area contributed by atoms with Gasteiger partial charge in [-0.25, -0.2) is 0 Å². The molecule has 0 aromatic heterocycles. The van der Waals surface area contributed by atoms with Crippen LogP contribution in [0.5, 0.6) is 11.5 Å². The topological polar surface area (TPSA) is 47.9 Å². The molecular weight excluding hydrogens is 256 g/mol. The van der Waals surface area contributed by atoms with Gasteiger partial charge in [-0.1, -0.05) is 0 Å². The van der Waals surface area contributed by atoms with Crippen molar-refractivity contribution in [2.24, 2.45) is 0 Å². The normalized spacial score (nSPS) is 31.5. The second kappa shape index (κ2) is 4.64. The summed E-state index contributed by atoms with van der Waals surface area (Å²) in [5, 5.41) is 10.5. The van der Waals surface area contributed by atoms with Crippen molar-refractivity contribution in [1.82, 2.24) is 0 Å². The molecule has 3 rings (SSSR count). The Morgan fingerprint density at radius 2 is 2.15 bits per heavy atom. The summed E-state index contributed by atoms with van der Waals surface area (Å²) in [5.41, 5.74) is 0.296. The summed E-state index contributed by atoms with van der Waals surface area (Å²) in [6.45, 7) is 4.82. The first-order valence-electron chi connectivity index (χ1n) is 7.12. The first kappa shape index (κ1) is 13.7. The van der Waals surface area contributed by atoms with Gasteiger partial charge in [-0.3, -0.25) is 0 Å². The molecule has 2 heterocycles. The third-order valence-corrected chi connectivity index (χ3v) is 4.27. The highest BCUT2D eigenvalue weighted by Crippen LogP contribution is 2.47. The number of rotatable bonds is 1. The Balaban J connectivity index is 1.92. The molecule has 2 aliphatic rings. The number of hydrogen-bond acceptors (Lipinski definition) is 4. The van der Waals surface area contributed by atoms with E-state index in [1.807, 2.05) is 18.2 Å². The van der Waals surface area contributed by atoms with Crippen molar-refractivity contribution in [3.63, 3.8) is 0 Å². The van der Waals surface area contributed by atoms with Gasteiger partial charge in [0.05, 0.1) is 25.4 Å². The number of aliphatic hydroxyl groups excluding tert-OH is 1. The SMILES string of the molecule is COc1ccc2c(c1)[C@@H](O)CC1(CCOC(C)(C)C1)O2. The third-order valence-electron chi connectivity index (χ3n) is 4.27. The van der Waals surface area contributed by atoms with Crippen LogP contribution >= 0.6 is 0 Å². The predicted molar refractivity (Wildman–Crippen MR) is 75.2 cm³/mol. The number of hydrogen-bond donors (Lipinski definition) is 1. The van der Waals surface area contributed by atoms with Crippen molar-refractivity contribution >= 4 is 0 Å². The molecule has 1 aromatic carbocycles. The van der Waals surface area contributed by atoms with E-state index in [0.29, 0.717) is 13.0 Å². The van der Waals surface area contributed by atoms with Crippen molar-refractivity contribution in [2.75, 3.05) is 13.7 Å². The molecule has 0 amide bonds. The van der Waals surface area contributed by atoms with Crippen LogP contribution < -0.4 is 9.47 Å². The second-order valence-corrected chi connectivity index (χ2v) is 6.44. The molecule has 1 fully saturated rings. The van der Waals surface area contributed by atoms with Gasteiger partial charge in [-0.15, -0.1) is 0 Å². The van der Waals surface area contributed by atoms with E-state index in [-0.39, 0.29) is 11.2 Å². The molecule has 2 aliphatic heterocycles. The molecule has 0 saturated carbocycles. The maximum absolute atomic E-state index is 10.5. The molecule has 1 aromatic rings. The van der Waals surface area contributed by atoms with Crippen LogP contribution in [0.4, 0.5) is 0 Å². The van der Waals surface area contributed by atoms with Crippen LogP contribution in [-0.4, -0.2) is 30.0 Å². The van der Waals surface area contributed by atoms with Crippen LogP contribution in [0.15, 0.2) is 18.2 Å². The van der Waals surface area contributed by atoms with E-state index in [1.54, 1.807) is 7.11 Å². The van der Waals surface area contributed by atoms with Gasteiger partial charge in [-0.05, 0) is 32.0 Å². The smallest absolute Gasteiger partial charge is 0.126 e. The summed E-state index contributed by atoms with van der Waals surface area (Å²) in [5.74, 6) is 1.51. The second-order valence-electron chi connectivity index (χ2n) is 6.44. The lowest BCUT2D eigenvalue weighted by Gasteiger charge is -2.48. The molecule has 0 aliphatic carbocycles. The van der Waals surface area contributed by atoms with Crippen LogP contribution in [0.25, 0.3) is 0 Å². The largest absolute Gasteiger partial charge is 0.497 e. The van der Waals surface area contributed by atoms with Crippen molar-refractivity contribution in [1.29, 1.82) is 0 Å². The summed E-state index contributed by atoms with van der Waals surface area (Å²) < 4.78 is 17.3. The molecular formula is C16H22O4. The van der Waals surface area contributed by atoms with Crippen molar-refractivity contribution in [3.8, 4) is 11.5 Å². The molecule has 0 bridgehead atoms. The fourth-order valence-corrected chi connectivity index (χ4v) is 3.43. The third kappa shape index (κ3) is 2.38. The van der Waals surface area contributed by atoms with Crippen molar-refractivity contribution < 1.29 is 19.3 Å². The summed E-state index contributed by atoms with van der Waals surface area (Å²) in [7, 11) is 1.63. The number of fused-ring (bicyclic) bond motifs is 1. The van der Waals surface area contributed by atoms with Crippen molar-refractivity contribution in [3.05, 3.63) is 23.8 Å². The minimum atomic E-state index is -0.511. The lowest BCUT2D eigenvalue weighted by molar-refractivity contribution is -0.151. The van der Waals surface area contributed by atoms with Gasteiger partial charge in [0.25, 0.3) is 0 Å². The molecule has 1 spiro atoms. The summed E-state index contributed by atoms with van der Waals surface area (Å²) in [4.78, 5) is 0. The minimum absolute atomic E-state index is 0.206. The van der Waals surface area contributed by atoms with E-state index in [2.05, 4.69) is 13.8 Å². The molecule has 1 saturated heterocycles. The standard InChI is InChI=1S/C16H22O4/c1-15(2)10-16(6-7-19-15)9-13(17)12-8-11(18-3)4-5-14(12)20-16/h4-5,8,13,17H,6-7,9-10H2,1-3H3/t13-,16?/m0/s1. The van der Waals surface area contributed by atoms with E-state index in [1.165, 1.54) is 0 Å². The van der Waals surface area contributed by atoms with Crippen LogP contribution in [0.2, 0.25) is 0 Å². The Morgan fingerprint density at radius 3 is 2.85 bits per heavy atom. The molecule has 2 atom stereocenters. The summed E-state index contributed by atoms with van der Waals surface area (Å²) >= 11 is 0. The van der Waals surface area contributed by atoms with E-state index in [0.717, 1.165) is 29.9 Å². The minimum Gasteiger partial charge on any atom is -0.497 e. The lowest BCUT2D eigenvalue weighted by atomic mass is 9.77. The molecule has 4 heteroatoms. The first-order valence-corrected chi connectivity index (χ1v) is 7.12. The van der Waals surface area contributed by atoms with Gasteiger partial charge in [0.15, 0.2) is 0 Å². The lowest BCUT2D eigenvalue weighted by Crippen LogP contribution is -2.51. The maximum Gasteiger partial charge on any atom is 0.126 e. The van der Waals surface area contributed by atoms with Gasteiger partial charge in [0, 0.05) is 24.8 Å². The van der Waals surface area contributed by atoms with Gasteiger partial charge in [0.2, 0.25) is 0 Å². The van der Waals surface area contributed by atoms with Gasteiger partial charge in [-0.2, -0.15) is 0 Å². The Labute approximate surface area is 119 Å². The van der Waals surface area contributed by atoms with Crippen LogP contribution in [0.1, 0.15) is 44.8 Å². The van der Waals surface area contributed by atoms with E-state index < -0.39 is 6.10 Å². The Bertz CT molecular complexity index is 511. The Hall–Kier alpha value is -1.26. The molecule has 0 radical (unpaired) electrons. The van der Waals surface area contributed by atoms with E-state index in [4.69, 9.17) is 14.2 Å². The Morgan fingerprint density at radius 1 is 1.35 bits per heavy atom. The first-order chi connectivity index (χ1) is 9.43. The summed E-state index contributed by atoms with van der Waals surface area (Å²) in [6, 6.07) is 5.62. The Kier molecular flexibility index (Phi) is 3.18. The van der Waals surface area contributed by atoms with E-state index >= 15 is 0 Å². The van der Waals surface area contributed by atoms with Crippen LogP contribution in [0.3, 0.4) is 0 Å². The number of ether oxygens (including phenoxy) is 3. The van der Waals surface area contributed by atoms with Crippen LogP contribution in [0, 0.1) is 0 Å². The predicted octanol–water partition coefficient (Wildman–Crippen LogP) is 2.84. The maximum atomic E-state index is 10.5. The fraction of sp³-hybridized carbons (Fsp3) is 0.625. The monoisotopic (exact) mass is 278 g/mol. The highest BCUT2D eigenvalue weighted by molar-refractivity contribution is 5.43. The fourth-order valence-electron chi connectivity index (χ4n) is 3.43. The van der Waals surface area contributed by atoms with Gasteiger partial charge >= 0.3 is 0 Å². The van der Waals surface area contributed by atoms with Crippen LogP contribution in [-0.2, 0) is 4.74 Å². The van der Waals surface area contributed by atoms with E-state index in [9.17, 15) is 5.11 Å². The molecule has 1 N–H and O–H groups in total. The zero-order valence-corrected chi connectivity index (χ0v) is 12.3. The number of benzene rings is 1. The van der Waals surface area contributed by atoms with Gasteiger partial charge in [0.1, 0.15) is 17.1 Å². The average Bonchev–Trinajstić information content (AvgIpc) is 2.37. The zero-order chi connectivity index (χ0) is 14.4. The average molecular weight is 278 g/mol. The number of methoxy groups -OCH3 is 1. The molecule has 4 nitrogen and oxygen atoms in total. The summed E-state index contributed by atoms with van der Waals surface area (Å²) in [6.07, 6.45) is 1.71. The molecule has 1 unspecified atom stereocenters.